The van der Waals surface area contributed by atoms with Gasteiger partial charge in [-0.25, -0.2) is 0 Å². The molecule has 4 heteroatoms. The first-order chi connectivity index (χ1) is 10.3. The van der Waals surface area contributed by atoms with Crippen molar-refractivity contribution in [3.05, 3.63) is 0 Å². The zero-order valence-corrected chi connectivity index (χ0v) is 13.6. The average molecular weight is 291 g/mol. The van der Waals surface area contributed by atoms with Gasteiger partial charge in [-0.3, -0.25) is 0 Å². The molecule has 0 aromatic heterocycles. The number of rotatable bonds is 7. The predicted molar refractivity (Wildman–Crippen MR) is 85.8 cm³/mol. The molecule has 0 aromatic rings. The van der Waals surface area contributed by atoms with Gasteiger partial charge < -0.3 is 9.31 Å². The molecule has 0 radical (unpaired) electrons. The van der Waals surface area contributed by atoms with E-state index in [0.29, 0.717) is 11.7 Å². The minimum atomic E-state index is 0.000911. The Kier molecular flexibility index (Phi) is 7.60. The molecule has 0 bridgehead atoms. The smallest absolute Gasteiger partial charge is 0.411 e. The molecule has 0 aromatic carbocycles. The molecular formula is C17H30BNO2. The number of unbranched alkanes of at least 4 members (excludes halogenated alkanes) is 4. The minimum absolute atomic E-state index is 0.000911. The summed E-state index contributed by atoms with van der Waals surface area (Å²) < 4.78 is 11.9. The van der Waals surface area contributed by atoms with Gasteiger partial charge in [0.1, 0.15) is 0 Å². The van der Waals surface area contributed by atoms with E-state index in [9.17, 15) is 0 Å². The lowest BCUT2D eigenvalue weighted by molar-refractivity contribution is 0.0652. The Balaban J connectivity index is 1.57. The minimum Gasteiger partial charge on any atom is -0.411 e. The average Bonchev–Trinajstić information content (AvgIpc) is 2.55. The molecule has 1 heterocycles. The molecule has 3 nitrogen and oxygen atoms in total. The Labute approximate surface area is 130 Å². The first-order valence-corrected chi connectivity index (χ1v) is 8.96. The summed E-state index contributed by atoms with van der Waals surface area (Å²) in [6, 6.07) is 2.39. The second-order valence-electron chi connectivity index (χ2n) is 6.84. The maximum Gasteiger partial charge on any atom is 0.460 e. The van der Waals surface area contributed by atoms with Gasteiger partial charge in [-0.15, -0.1) is 0 Å². The summed E-state index contributed by atoms with van der Waals surface area (Å²) in [5.41, 5.74) is 0. The van der Waals surface area contributed by atoms with Gasteiger partial charge in [-0.05, 0) is 25.1 Å². The molecule has 0 N–H and O–H groups in total. The van der Waals surface area contributed by atoms with Crippen LogP contribution in [0, 0.1) is 23.2 Å². The molecular weight excluding hydrogens is 261 g/mol. The SMILES string of the molecule is CCCCCCCC1COB([C@H]2CC[C@H](C#N)CC2)OC1. The molecule has 0 unspecified atom stereocenters. The third-order valence-corrected chi connectivity index (χ3v) is 5.05. The van der Waals surface area contributed by atoms with Crippen molar-refractivity contribution in [3.63, 3.8) is 0 Å². The highest BCUT2D eigenvalue weighted by atomic mass is 16.6. The molecule has 118 valence electrons. The van der Waals surface area contributed by atoms with Crippen LogP contribution in [0.1, 0.15) is 71.1 Å². The lowest BCUT2D eigenvalue weighted by Gasteiger charge is -2.34. The maximum atomic E-state index is 8.95. The van der Waals surface area contributed by atoms with Crippen molar-refractivity contribution in [1.82, 2.24) is 0 Å². The van der Waals surface area contributed by atoms with Gasteiger partial charge >= 0.3 is 7.12 Å². The highest BCUT2D eigenvalue weighted by Crippen LogP contribution is 2.36. The van der Waals surface area contributed by atoms with E-state index in [2.05, 4.69) is 13.0 Å². The van der Waals surface area contributed by atoms with E-state index in [4.69, 9.17) is 14.6 Å². The van der Waals surface area contributed by atoms with E-state index in [0.717, 1.165) is 38.9 Å². The normalized spacial score (nSPS) is 27.5. The van der Waals surface area contributed by atoms with Crippen molar-refractivity contribution in [2.45, 2.75) is 76.9 Å². The second kappa shape index (κ2) is 9.48. The summed E-state index contributed by atoms with van der Waals surface area (Å²) in [7, 11) is 0.000911. The number of nitriles is 1. The molecule has 1 aliphatic heterocycles. The zero-order valence-electron chi connectivity index (χ0n) is 13.6. The monoisotopic (exact) mass is 291 g/mol. The van der Waals surface area contributed by atoms with Gasteiger partial charge in [0.05, 0.1) is 6.07 Å². The highest BCUT2D eigenvalue weighted by Gasteiger charge is 2.37. The largest absolute Gasteiger partial charge is 0.460 e. The number of hydrogen-bond acceptors (Lipinski definition) is 3. The van der Waals surface area contributed by atoms with E-state index >= 15 is 0 Å². The molecule has 2 fully saturated rings. The predicted octanol–water partition coefficient (Wildman–Crippen LogP) is 4.58. The third-order valence-electron chi connectivity index (χ3n) is 5.05. The Hall–Kier alpha value is -0.525. The first-order valence-electron chi connectivity index (χ1n) is 8.96. The summed E-state index contributed by atoms with van der Waals surface area (Å²) in [5.74, 6) is 1.37. The van der Waals surface area contributed by atoms with Crippen molar-refractivity contribution in [3.8, 4) is 6.07 Å². The lowest BCUT2D eigenvalue weighted by atomic mass is 9.62. The van der Waals surface area contributed by atoms with Crippen LogP contribution in [0.3, 0.4) is 0 Å². The highest BCUT2D eigenvalue weighted by molar-refractivity contribution is 6.46. The second-order valence-corrected chi connectivity index (χ2v) is 6.84. The standard InChI is InChI=1S/C17H30BNO2/c1-2-3-4-5-6-7-16-13-20-18(21-14-16)17-10-8-15(12-19)9-11-17/h15-17H,2-11,13-14H2,1H3/t15-,17-. The van der Waals surface area contributed by atoms with Crippen LogP contribution < -0.4 is 0 Å². The van der Waals surface area contributed by atoms with Gasteiger partial charge in [0.15, 0.2) is 0 Å². The van der Waals surface area contributed by atoms with Crippen LogP contribution in [-0.2, 0) is 9.31 Å². The molecule has 2 rings (SSSR count). The van der Waals surface area contributed by atoms with Crippen LogP contribution in [0.25, 0.3) is 0 Å². The first kappa shape index (κ1) is 16.8. The molecule has 0 spiro atoms. The van der Waals surface area contributed by atoms with E-state index < -0.39 is 0 Å². The summed E-state index contributed by atoms with van der Waals surface area (Å²) in [6.07, 6.45) is 12.2. The van der Waals surface area contributed by atoms with Gasteiger partial charge in [-0.1, -0.05) is 51.9 Å². The van der Waals surface area contributed by atoms with E-state index in [1.165, 1.54) is 38.5 Å². The van der Waals surface area contributed by atoms with Crippen molar-refractivity contribution in [2.24, 2.45) is 11.8 Å². The van der Waals surface area contributed by atoms with Crippen molar-refractivity contribution < 1.29 is 9.31 Å². The topological polar surface area (TPSA) is 42.2 Å². The summed E-state index contributed by atoms with van der Waals surface area (Å²) in [4.78, 5) is 0. The Bertz CT molecular complexity index is 315. The third kappa shape index (κ3) is 5.64. The maximum absolute atomic E-state index is 8.95. The van der Waals surface area contributed by atoms with Crippen LogP contribution >= 0.6 is 0 Å². The molecule has 1 saturated carbocycles. The van der Waals surface area contributed by atoms with Crippen LogP contribution in [0.5, 0.6) is 0 Å². The van der Waals surface area contributed by atoms with E-state index in [1.807, 2.05) is 0 Å². The zero-order chi connectivity index (χ0) is 14.9. The fourth-order valence-corrected chi connectivity index (χ4v) is 3.55. The van der Waals surface area contributed by atoms with Crippen LogP contribution in [0.4, 0.5) is 0 Å². The molecule has 1 saturated heterocycles. The number of hydrogen-bond donors (Lipinski definition) is 0. The molecule has 0 amide bonds. The van der Waals surface area contributed by atoms with Gasteiger partial charge in [0.25, 0.3) is 0 Å². The van der Waals surface area contributed by atoms with Gasteiger partial charge in [-0.2, -0.15) is 5.26 Å². The Morgan fingerprint density at radius 2 is 1.67 bits per heavy atom. The summed E-state index contributed by atoms with van der Waals surface area (Å²) >= 11 is 0. The molecule has 1 aliphatic carbocycles. The number of nitrogens with zero attached hydrogens (tertiary/aromatic N) is 1. The molecule has 21 heavy (non-hydrogen) atoms. The van der Waals surface area contributed by atoms with Gasteiger partial charge in [0, 0.05) is 25.0 Å². The summed E-state index contributed by atoms with van der Waals surface area (Å²) in [5, 5.41) is 8.95. The lowest BCUT2D eigenvalue weighted by Crippen LogP contribution is -2.40. The van der Waals surface area contributed by atoms with Crippen molar-refractivity contribution in [2.75, 3.05) is 13.2 Å². The van der Waals surface area contributed by atoms with Gasteiger partial charge in [0.2, 0.25) is 0 Å². The molecule has 0 atom stereocenters. The van der Waals surface area contributed by atoms with E-state index in [1.54, 1.807) is 0 Å². The fourth-order valence-electron chi connectivity index (χ4n) is 3.55. The van der Waals surface area contributed by atoms with Crippen LogP contribution in [0.15, 0.2) is 0 Å². The van der Waals surface area contributed by atoms with Crippen LogP contribution in [0.2, 0.25) is 5.82 Å². The quantitative estimate of drug-likeness (QED) is 0.509. The fraction of sp³-hybridized carbons (Fsp3) is 0.941. The van der Waals surface area contributed by atoms with Crippen molar-refractivity contribution in [1.29, 1.82) is 5.26 Å². The molecule has 2 aliphatic rings. The summed E-state index contributed by atoms with van der Waals surface area (Å²) in [6.45, 7) is 4.00. The Morgan fingerprint density at radius 1 is 1.00 bits per heavy atom. The van der Waals surface area contributed by atoms with Crippen molar-refractivity contribution >= 4 is 7.12 Å². The van der Waals surface area contributed by atoms with Crippen LogP contribution in [-0.4, -0.2) is 20.3 Å². The van der Waals surface area contributed by atoms with E-state index in [-0.39, 0.29) is 13.0 Å². The Morgan fingerprint density at radius 3 is 2.29 bits per heavy atom.